The molecule has 0 amide bonds. The van der Waals surface area contributed by atoms with Crippen LogP contribution in [-0.4, -0.2) is 34.2 Å². The minimum absolute atomic E-state index is 0.0310. The number of aromatic nitrogens is 1. The molecule has 1 atom stereocenters. The van der Waals surface area contributed by atoms with Crippen molar-refractivity contribution in [3.63, 3.8) is 0 Å². The summed E-state index contributed by atoms with van der Waals surface area (Å²) in [5.74, 6) is 0.694. The molecule has 86 valence electrons. The molecule has 1 aromatic rings. The number of pyridine rings is 1. The molecule has 0 radical (unpaired) electrons. The molecule has 0 saturated carbocycles. The fourth-order valence-corrected chi connectivity index (χ4v) is 1.85. The Bertz CT molecular complexity index is 422. The third-order valence-electron chi connectivity index (χ3n) is 2.75. The van der Waals surface area contributed by atoms with Gasteiger partial charge in [0.2, 0.25) is 0 Å². The Hall–Kier alpha value is -1.69. The van der Waals surface area contributed by atoms with E-state index in [-0.39, 0.29) is 11.8 Å². The molecule has 6 heteroatoms. The average Bonchev–Trinajstić information content (AvgIpc) is 2.64. The van der Waals surface area contributed by atoms with Crippen molar-refractivity contribution < 1.29 is 10.0 Å². The topological polar surface area (TPSA) is 79.5 Å². The second-order valence-corrected chi connectivity index (χ2v) is 3.97. The summed E-state index contributed by atoms with van der Waals surface area (Å²) < 4.78 is 0. The van der Waals surface area contributed by atoms with E-state index in [0.29, 0.717) is 17.9 Å². The van der Waals surface area contributed by atoms with Crippen molar-refractivity contribution in [1.29, 1.82) is 0 Å². The Morgan fingerprint density at radius 1 is 1.69 bits per heavy atom. The summed E-state index contributed by atoms with van der Waals surface area (Å²) >= 11 is 0. The number of aliphatic hydroxyl groups is 1. The van der Waals surface area contributed by atoms with E-state index in [1.54, 1.807) is 13.0 Å². The zero-order valence-corrected chi connectivity index (χ0v) is 8.96. The second kappa shape index (κ2) is 4.05. The number of hydrogen-bond acceptors (Lipinski definition) is 5. The number of rotatable bonds is 2. The van der Waals surface area contributed by atoms with E-state index in [0.717, 1.165) is 13.0 Å². The van der Waals surface area contributed by atoms with E-state index < -0.39 is 4.92 Å². The molecule has 1 saturated heterocycles. The van der Waals surface area contributed by atoms with Crippen molar-refractivity contribution in [2.45, 2.75) is 19.4 Å². The molecule has 16 heavy (non-hydrogen) atoms. The Labute approximate surface area is 92.7 Å². The number of nitro groups is 1. The van der Waals surface area contributed by atoms with E-state index in [9.17, 15) is 15.2 Å². The molecular weight excluding hydrogens is 210 g/mol. The largest absolute Gasteiger partial charge is 0.391 e. The van der Waals surface area contributed by atoms with Gasteiger partial charge < -0.3 is 10.0 Å². The predicted molar refractivity (Wildman–Crippen MR) is 58.5 cm³/mol. The second-order valence-electron chi connectivity index (χ2n) is 3.97. The van der Waals surface area contributed by atoms with Gasteiger partial charge in [-0.25, -0.2) is 4.98 Å². The number of β-amino-alcohol motifs (C(OH)–C–C–N with tert-alkyl or cyclic N) is 1. The van der Waals surface area contributed by atoms with E-state index in [4.69, 9.17) is 0 Å². The lowest BCUT2D eigenvalue weighted by Crippen LogP contribution is -2.22. The first-order chi connectivity index (χ1) is 7.58. The molecule has 1 aliphatic rings. The Morgan fingerprint density at radius 3 is 2.94 bits per heavy atom. The minimum atomic E-state index is -0.440. The number of aliphatic hydroxyl groups excluding tert-OH is 1. The highest BCUT2D eigenvalue weighted by Crippen LogP contribution is 2.23. The maximum atomic E-state index is 10.6. The van der Waals surface area contributed by atoms with Crippen LogP contribution in [0.25, 0.3) is 0 Å². The molecule has 0 spiro atoms. The highest BCUT2D eigenvalue weighted by atomic mass is 16.6. The van der Waals surface area contributed by atoms with E-state index in [1.165, 1.54) is 6.20 Å². The van der Waals surface area contributed by atoms with E-state index in [2.05, 4.69) is 4.98 Å². The Kier molecular flexibility index (Phi) is 2.74. The molecule has 6 nitrogen and oxygen atoms in total. The van der Waals surface area contributed by atoms with Crippen molar-refractivity contribution >= 4 is 11.5 Å². The van der Waals surface area contributed by atoms with Crippen LogP contribution < -0.4 is 4.90 Å². The summed E-state index contributed by atoms with van der Waals surface area (Å²) in [7, 11) is 0. The maximum absolute atomic E-state index is 10.6. The van der Waals surface area contributed by atoms with Gasteiger partial charge in [-0.15, -0.1) is 0 Å². The lowest BCUT2D eigenvalue weighted by molar-refractivity contribution is -0.385. The Morgan fingerprint density at radius 2 is 2.44 bits per heavy atom. The molecule has 2 heterocycles. The van der Waals surface area contributed by atoms with Crippen molar-refractivity contribution in [2.24, 2.45) is 0 Å². The first-order valence-corrected chi connectivity index (χ1v) is 5.12. The summed E-state index contributed by atoms with van der Waals surface area (Å²) in [6.45, 7) is 2.98. The van der Waals surface area contributed by atoms with Gasteiger partial charge in [-0.05, 0) is 19.4 Å². The highest BCUT2D eigenvalue weighted by molar-refractivity contribution is 5.49. The van der Waals surface area contributed by atoms with Gasteiger partial charge in [0.1, 0.15) is 12.0 Å². The van der Waals surface area contributed by atoms with E-state index in [1.807, 2.05) is 4.90 Å². The molecule has 0 aromatic carbocycles. The van der Waals surface area contributed by atoms with Crippen molar-refractivity contribution in [3.05, 3.63) is 27.9 Å². The predicted octanol–water partition coefficient (Wildman–Crippen LogP) is 0.869. The third kappa shape index (κ3) is 1.96. The summed E-state index contributed by atoms with van der Waals surface area (Å²) in [5, 5.41) is 20.0. The number of hydrogen-bond donors (Lipinski definition) is 1. The van der Waals surface area contributed by atoms with Crippen molar-refractivity contribution in [2.75, 3.05) is 18.0 Å². The number of nitrogens with zero attached hydrogens (tertiary/aromatic N) is 3. The van der Waals surface area contributed by atoms with Crippen LogP contribution in [0.15, 0.2) is 12.3 Å². The summed E-state index contributed by atoms with van der Waals surface area (Å²) in [6.07, 6.45) is 1.67. The molecule has 0 aliphatic carbocycles. The highest BCUT2D eigenvalue weighted by Gasteiger charge is 2.22. The van der Waals surface area contributed by atoms with Crippen LogP contribution in [0, 0.1) is 17.0 Å². The zero-order valence-electron chi connectivity index (χ0n) is 8.96. The summed E-state index contributed by atoms with van der Waals surface area (Å²) in [4.78, 5) is 16.2. The van der Waals surface area contributed by atoms with Gasteiger partial charge in [-0.2, -0.15) is 0 Å². The van der Waals surface area contributed by atoms with Gasteiger partial charge in [-0.1, -0.05) is 0 Å². The lowest BCUT2D eigenvalue weighted by Gasteiger charge is -2.16. The van der Waals surface area contributed by atoms with Gasteiger partial charge in [0, 0.05) is 18.7 Å². The SMILES string of the molecule is Cc1cc(N2CCC(O)C2)ncc1[N+](=O)[O-]. The van der Waals surface area contributed by atoms with Crippen molar-refractivity contribution in [1.82, 2.24) is 4.98 Å². The Balaban J connectivity index is 2.24. The van der Waals surface area contributed by atoms with Crippen LogP contribution in [0.4, 0.5) is 11.5 Å². The third-order valence-corrected chi connectivity index (χ3v) is 2.75. The van der Waals surface area contributed by atoms with Gasteiger partial charge in [0.25, 0.3) is 5.69 Å². The van der Waals surface area contributed by atoms with E-state index >= 15 is 0 Å². The van der Waals surface area contributed by atoms with Crippen LogP contribution in [0.5, 0.6) is 0 Å². The monoisotopic (exact) mass is 223 g/mol. The molecular formula is C10H13N3O3. The molecule has 1 fully saturated rings. The number of aryl methyl sites for hydroxylation is 1. The van der Waals surface area contributed by atoms with Crippen LogP contribution >= 0.6 is 0 Å². The average molecular weight is 223 g/mol. The van der Waals surface area contributed by atoms with Gasteiger partial charge in [0.05, 0.1) is 11.0 Å². The van der Waals surface area contributed by atoms with Gasteiger partial charge in [0.15, 0.2) is 0 Å². The van der Waals surface area contributed by atoms with Crippen LogP contribution in [0.1, 0.15) is 12.0 Å². The fraction of sp³-hybridized carbons (Fsp3) is 0.500. The van der Waals surface area contributed by atoms with Crippen molar-refractivity contribution in [3.8, 4) is 0 Å². The zero-order chi connectivity index (χ0) is 11.7. The summed E-state index contributed by atoms with van der Waals surface area (Å²) in [5.41, 5.74) is 0.625. The van der Waals surface area contributed by atoms with Gasteiger partial charge in [-0.3, -0.25) is 10.1 Å². The minimum Gasteiger partial charge on any atom is -0.391 e. The quantitative estimate of drug-likeness (QED) is 0.594. The number of anilines is 1. The summed E-state index contributed by atoms with van der Waals surface area (Å²) in [6, 6.07) is 1.69. The first kappa shape index (κ1) is 10.8. The fourth-order valence-electron chi connectivity index (χ4n) is 1.85. The van der Waals surface area contributed by atoms with Gasteiger partial charge >= 0.3 is 0 Å². The molecule has 1 N–H and O–H groups in total. The maximum Gasteiger partial charge on any atom is 0.290 e. The lowest BCUT2D eigenvalue weighted by atomic mass is 10.2. The smallest absolute Gasteiger partial charge is 0.290 e. The first-order valence-electron chi connectivity index (χ1n) is 5.12. The van der Waals surface area contributed by atoms with Crippen LogP contribution in [-0.2, 0) is 0 Å². The van der Waals surface area contributed by atoms with Crippen LogP contribution in [0.2, 0.25) is 0 Å². The molecule has 1 unspecified atom stereocenters. The normalized spacial score (nSPS) is 20.1. The molecule has 2 rings (SSSR count). The standard InChI is InChI=1S/C10H13N3O3/c1-7-4-10(11-5-9(7)13(15)16)12-3-2-8(14)6-12/h4-5,8,14H,2-3,6H2,1H3. The molecule has 0 bridgehead atoms. The molecule has 1 aliphatic heterocycles. The van der Waals surface area contributed by atoms with Crippen LogP contribution in [0.3, 0.4) is 0 Å². The molecule has 1 aromatic heterocycles.